The smallest absolute Gasteiger partial charge is 0.303 e. The normalized spacial score (nSPS) is 11.2. The summed E-state index contributed by atoms with van der Waals surface area (Å²) in [5.41, 5.74) is 4.09. The highest BCUT2D eigenvalue weighted by Gasteiger charge is 2.09. The van der Waals surface area contributed by atoms with Crippen molar-refractivity contribution < 1.29 is 14.7 Å². The van der Waals surface area contributed by atoms with Crippen LogP contribution in [0.3, 0.4) is 0 Å². The van der Waals surface area contributed by atoms with Gasteiger partial charge in [0.05, 0.1) is 12.1 Å². The number of rotatable bonds is 6. The fourth-order valence-electron chi connectivity index (χ4n) is 1.78. The molecule has 0 aliphatic heterocycles. The van der Waals surface area contributed by atoms with E-state index in [4.69, 9.17) is 5.11 Å². The Morgan fingerprint density at radius 3 is 2.50 bits per heavy atom. The van der Waals surface area contributed by atoms with E-state index < -0.39 is 5.97 Å². The van der Waals surface area contributed by atoms with Gasteiger partial charge < -0.3 is 10.1 Å². The van der Waals surface area contributed by atoms with E-state index in [0.717, 1.165) is 10.0 Å². The molecule has 0 aliphatic carbocycles. The third kappa shape index (κ3) is 4.56. The van der Waals surface area contributed by atoms with E-state index in [2.05, 4.69) is 31.4 Å². The van der Waals surface area contributed by atoms with Crippen molar-refractivity contribution in [3.63, 3.8) is 0 Å². The molecule has 0 bridgehead atoms. The zero-order chi connectivity index (χ0) is 15.9. The maximum atomic E-state index is 11.9. The summed E-state index contributed by atoms with van der Waals surface area (Å²) >= 11 is 3.34. The van der Waals surface area contributed by atoms with Gasteiger partial charge >= 0.3 is 5.97 Å². The molecule has 0 spiro atoms. The number of aromatic nitrogens is 1. The molecular weight excluding hydrogens is 350 g/mol. The number of aliphatic carboxylic acids is 1. The highest BCUT2D eigenvalue weighted by atomic mass is 79.9. The monoisotopic (exact) mass is 363 g/mol. The molecule has 6 nitrogen and oxygen atoms in total. The van der Waals surface area contributed by atoms with Crippen LogP contribution in [0.5, 0.6) is 0 Å². The lowest BCUT2D eigenvalue weighted by Crippen LogP contribution is -2.20. The van der Waals surface area contributed by atoms with Crippen LogP contribution in [0.1, 0.15) is 28.9 Å². The number of carbonyl (C=O) groups is 2. The largest absolute Gasteiger partial charge is 0.481 e. The summed E-state index contributed by atoms with van der Waals surface area (Å²) in [6.45, 7) is 0. The van der Waals surface area contributed by atoms with Crippen molar-refractivity contribution in [2.75, 3.05) is 0 Å². The predicted molar refractivity (Wildman–Crippen MR) is 85.8 cm³/mol. The summed E-state index contributed by atoms with van der Waals surface area (Å²) in [5, 5.41) is 12.9. The SMILES string of the molecule is O=C(O)CC/C(=N/NC(=O)c1ccc[nH]1)c1ccc(Br)cc1. The van der Waals surface area contributed by atoms with E-state index in [1.807, 2.05) is 24.3 Å². The van der Waals surface area contributed by atoms with Gasteiger partial charge in [-0.15, -0.1) is 0 Å². The number of halogens is 1. The van der Waals surface area contributed by atoms with E-state index in [1.54, 1.807) is 18.3 Å². The third-order valence-corrected chi connectivity index (χ3v) is 3.42. The molecule has 3 N–H and O–H groups in total. The molecule has 0 radical (unpaired) electrons. The molecule has 0 fully saturated rings. The quantitative estimate of drug-likeness (QED) is 0.543. The first-order valence-electron chi connectivity index (χ1n) is 6.54. The molecular formula is C15H14BrN3O3. The topological polar surface area (TPSA) is 94.5 Å². The number of nitrogens with zero attached hydrogens (tertiary/aromatic N) is 1. The van der Waals surface area contributed by atoms with Gasteiger partial charge in [-0.1, -0.05) is 28.1 Å². The van der Waals surface area contributed by atoms with Gasteiger partial charge in [-0.3, -0.25) is 9.59 Å². The minimum Gasteiger partial charge on any atom is -0.481 e. The number of hydrogen-bond acceptors (Lipinski definition) is 3. The molecule has 1 heterocycles. The van der Waals surface area contributed by atoms with E-state index in [9.17, 15) is 9.59 Å². The van der Waals surface area contributed by atoms with Crippen molar-refractivity contribution in [3.05, 3.63) is 58.3 Å². The first kappa shape index (κ1) is 16.0. The van der Waals surface area contributed by atoms with Crippen LogP contribution in [0.2, 0.25) is 0 Å². The Kier molecular flexibility index (Phi) is 5.48. The number of carboxylic acids is 1. The number of carbonyl (C=O) groups excluding carboxylic acids is 1. The third-order valence-electron chi connectivity index (χ3n) is 2.89. The molecule has 22 heavy (non-hydrogen) atoms. The molecule has 2 rings (SSSR count). The molecule has 114 valence electrons. The Balaban J connectivity index is 2.15. The Bertz CT molecular complexity index is 679. The number of hydrogen-bond donors (Lipinski definition) is 3. The van der Waals surface area contributed by atoms with Gasteiger partial charge in [-0.2, -0.15) is 5.10 Å². The first-order valence-corrected chi connectivity index (χ1v) is 7.33. The molecule has 1 aromatic heterocycles. The summed E-state index contributed by atoms with van der Waals surface area (Å²) in [7, 11) is 0. The summed E-state index contributed by atoms with van der Waals surface area (Å²) in [6.07, 6.45) is 1.80. The highest BCUT2D eigenvalue weighted by molar-refractivity contribution is 9.10. The van der Waals surface area contributed by atoms with Gasteiger partial charge in [-0.25, -0.2) is 5.43 Å². The van der Waals surface area contributed by atoms with Crippen LogP contribution in [-0.2, 0) is 4.79 Å². The minimum atomic E-state index is -0.916. The molecule has 0 atom stereocenters. The lowest BCUT2D eigenvalue weighted by atomic mass is 10.1. The van der Waals surface area contributed by atoms with E-state index in [-0.39, 0.29) is 18.7 Å². The van der Waals surface area contributed by atoms with Gasteiger partial charge in [0.25, 0.3) is 5.91 Å². The zero-order valence-corrected chi connectivity index (χ0v) is 13.1. The number of carboxylic acid groups (broad SMARTS) is 1. The second-order valence-corrected chi connectivity index (χ2v) is 5.40. The number of hydrazone groups is 1. The van der Waals surface area contributed by atoms with Crippen LogP contribution in [-0.4, -0.2) is 27.7 Å². The maximum absolute atomic E-state index is 11.9. The summed E-state index contributed by atoms with van der Waals surface area (Å²) < 4.78 is 0.907. The lowest BCUT2D eigenvalue weighted by Gasteiger charge is -2.06. The lowest BCUT2D eigenvalue weighted by molar-refractivity contribution is -0.136. The van der Waals surface area contributed by atoms with Crippen LogP contribution < -0.4 is 5.43 Å². The van der Waals surface area contributed by atoms with Gasteiger partial charge in [0.2, 0.25) is 0 Å². The second kappa shape index (κ2) is 7.56. The molecule has 1 aromatic carbocycles. The van der Waals surface area contributed by atoms with Crippen molar-refractivity contribution in [2.45, 2.75) is 12.8 Å². The van der Waals surface area contributed by atoms with Crippen LogP contribution >= 0.6 is 15.9 Å². The average molecular weight is 364 g/mol. The molecule has 0 saturated carbocycles. The Hall–Kier alpha value is -2.41. The zero-order valence-electron chi connectivity index (χ0n) is 11.5. The van der Waals surface area contributed by atoms with E-state index in [1.165, 1.54) is 0 Å². The number of amides is 1. The van der Waals surface area contributed by atoms with Crippen LogP contribution in [0, 0.1) is 0 Å². The van der Waals surface area contributed by atoms with E-state index >= 15 is 0 Å². The summed E-state index contributed by atoms with van der Waals surface area (Å²) in [4.78, 5) is 25.4. The Morgan fingerprint density at radius 1 is 1.18 bits per heavy atom. The number of nitrogens with one attached hydrogen (secondary N) is 2. The number of aromatic amines is 1. The minimum absolute atomic E-state index is 0.0622. The summed E-state index contributed by atoms with van der Waals surface area (Å²) in [5.74, 6) is -1.30. The van der Waals surface area contributed by atoms with Gasteiger partial charge in [0, 0.05) is 17.1 Å². The predicted octanol–water partition coefficient (Wildman–Crippen LogP) is 2.78. The molecule has 0 saturated heterocycles. The van der Waals surface area contributed by atoms with E-state index in [0.29, 0.717) is 11.4 Å². The fourth-order valence-corrected chi connectivity index (χ4v) is 2.05. The van der Waals surface area contributed by atoms with Gasteiger partial charge in [0.15, 0.2) is 0 Å². The number of H-pyrrole nitrogens is 1. The maximum Gasteiger partial charge on any atom is 0.303 e. The standard InChI is InChI=1S/C15H14BrN3O3/c16-11-5-3-10(4-6-11)12(7-8-14(20)21)18-19-15(22)13-2-1-9-17-13/h1-6,9,17H,7-8H2,(H,19,22)(H,20,21)/b18-12-. The second-order valence-electron chi connectivity index (χ2n) is 4.48. The highest BCUT2D eigenvalue weighted by Crippen LogP contribution is 2.13. The van der Waals surface area contributed by atoms with Crippen molar-refractivity contribution in [2.24, 2.45) is 5.10 Å². The van der Waals surface area contributed by atoms with Gasteiger partial charge in [0.1, 0.15) is 5.69 Å². The van der Waals surface area contributed by atoms with Crippen molar-refractivity contribution in [3.8, 4) is 0 Å². The van der Waals surface area contributed by atoms with Crippen molar-refractivity contribution in [1.29, 1.82) is 0 Å². The Morgan fingerprint density at radius 2 is 1.91 bits per heavy atom. The molecule has 0 aliphatic rings. The molecule has 0 unspecified atom stereocenters. The van der Waals surface area contributed by atoms with Crippen LogP contribution in [0.4, 0.5) is 0 Å². The van der Waals surface area contributed by atoms with Crippen molar-refractivity contribution >= 4 is 33.5 Å². The van der Waals surface area contributed by atoms with Crippen LogP contribution in [0.25, 0.3) is 0 Å². The average Bonchev–Trinajstić information content (AvgIpc) is 3.02. The number of benzene rings is 1. The van der Waals surface area contributed by atoms with Crippen molar-refractivity contribution in [1.82, 2.24) is 10.4 Å². The van der Waals surface area contributed by atoms with Crippen LogP contribution in [0.15, 0.2) is 52.2 Å². The molecule has 2 aromatic rings. The fraction of sp³-hybridized carbons (Fsp3) is 0.133. The molecule has 1 amide bonds. The Labute approximate surface area is 135 Å². The van der Waals surface area contributed by atoms with Gasteiger partial charge in [-0.05, 0) is 29.8 Å². The summed E-state index contributed by atoms with van der Waals surface area (Å²) in [6, 6.07) is 10.6. The first-order chi connectivity index (χ1) is 10.6. The molecule has 7 heteroatoms.